The second-order valence-electron chi connectivity index (χ2n) is 14.9. The van der Waals surface area contributed by atoms with Crippen LogP contribution in [0.1, 0.15) is 0 Å². The molecule has 0 amide bonds. The van der Waals surface area contributed by atoms with Crippen LogP contribution in [0.25, 0.3) is 54.6 Å². The van der Waals surface area contributed by atoms with Crippen molar-refractivity contribution in [1.82, 2.24) is 0 Å². The van der Waals surface area contributed by atoms with Crippen molar-refractivity contribution < 1.29 is 4.42 Å². The number of anilines is 5. The van der Waals surface area contributed by atoms with Crippen LogP contribution in [0.2, 0.25) is 0 Å². The maximum atomic E-state index is 7.17. The van der Waals surface area contributed by atoms with Crippen molar-refractivity contribution in [3.63, 3.8) is 0 Å². The number of hydrogen-bond acceptors (Lipinski definition) is 3. The van der Waals surface area contributed by atoms with Gasteiger partial charge >= 0.3 is 0 Å². The number of para-hydroxylation sites is 1. The first-order valence-electron chi connectivity index (χ1n) is 19.7. The predicted octanol–water partition coefficient (Wildman–Crippen LogP) is 15.0. The second kappa shape index (κ2) is 13.7. The van der Waals surface area contributed by atoms with E-state index in [1.807, 2.05) is 0 Å². The largest absolute Gasteiger partial charge is 0.454 e. The molecule has 2 unspecified atom stereocenters. The van der Waals surface area contributed by atoms with Crippen molar-refractivity contribution in [3.8, 4) is 11.1 Å². The minimum Gasteiger partial charge on any atom is -0.454 e. The zero-order valence-electron chi connectivity index (χ0n) is 31.2. The highest BCUT2D eigenvalue weighted by molar-refractivity contribution is 6.16. The number of hydrogen-bond donors (Lipinski definition) is 0. The number of allylic oxidation sites excluding steroid dienone is 7. The SMILES string of the molecule is C1=CC2C=CC(N(c3ccc(-c4ccccc4)cc3)c3c(N(c4ccccc4)c4ccc5ccccc5c4)ccc4c3oc3cc5ccccc5cc34)=CC2C=C1. The van der Waals surface area contributed by atoms with Crippen LogP contribution in [-0.2, 0) is 0 Å². The van der Waals surface area contributed by atoms with Gasteiger partial charge in [-0.25, -0.2) is 0 Å². The van der Waals surface area contributed by atoms with Crippen molar-refractivity contribution in [2.24, 2.45) is 11.8 Å². The van der Waals surface area contributed by atoms with Crippen LogP contribution in [0.15, 0.2) is 229 Å². The first kappa shape index (κ1) is 33.0. The number of benzene rings is 8. The molecule has 0 aliphatic heterocycles. The van der Waals surface area contributed by atoms with Gasteiger partial charge in [-0.2, -0.15) is 0 Å². The van der Waals surface area contributed by atoms with Gasteiger partial charge in [-0.3, -0.25) is 0 Å². The average molecular weight is 731 g/mol. The van der Waals surface area contributed by atoms with Crippen LogP contribution in [0.4, 0.5) is 28.4 Å². The minimum absolute atomic E-state index is 0.232. The summed E-state index contributed by atoms with van der Waals surface area (Å²) < 4.78 is 7.17. The maximum Gasteiger partial charge on any atom is 0.161 e. The molecule has 3 heteroatoms. The Bertz CT molecular complexity index is 3080. The maximum absolute atomic E-state index is 7.17. The molecule has 1 heterocycles. The molecule has 0 saturated carbocycles. The average Bonchev–Trinajstić information content (AvgIpc) is 3.64. The summed E-state index contributed by atoms with van der Waals surface area (Å²) in [4.78, 5) is 4.81. The molecule has 2 aliphatic carbocycles. The first-order chi connectivity index (χ1) is 28.2. The highest BCUT2D eigenvalue weighted by Crippen LogP contribution is 2.51. The summed E-state index contributed by atoms with van der Waals surface area (Å²) in [5, 5.41) is 6.91. The summed E-state index contributed by atoms with van der Waals surface area (Å²) in [7, 11) is 0. The molecule has 0 spiro atoms. The number of rotatable bonds is 7. The zero-order chi connectivity index (χ0) is 37.7. The number of nitrogens with zero attached hydrogens (tertiary/aromatic N) is 2. The van der Waals surface area contributed by atoms with Crippen molar-refractivity contribution in [3.05, 3.63) is 224 Å². The Balaban J connectivity index is 1.22. The number of fused-ring (bicyclic) bond motifs is 6. The van der Waals surface area contributed by atoms with E-state index in [1.165, 1.54) is 27.3 Å². The fourth-order valence-corrected chi connectivity index (χ4v) is 8.67. The van der Waals surface area contributed by atoms with Gasteiger partial charge in [0.2, 0.25) is 0 Å². The van der Waals surface area contributed by atoms with Crippen molar-refractivity contribution in [2.75, 3.05) is 9.80 Å². The summed E-state index contributed by atoms with van der Waals surface area (Å²) in [5.74, 6) is 0.545. The van der Waals surface area contributed by atoms with E-state index in [1.54, 1.807) is 0 Å². The second-order valence-corrected chi connectivity index (χ2v) is 14.9. The van der Waals surface area contributed by atoms with Gasteiger partial charge in [0, 0.05) is 45.4 Å². The van der Waals surface area contributed by atoms with Crippen LogP contribution < -0.4 is 9.80 Å². The third-order valence-corrected chi connectivity index (χ3v) is 11.5. The Hall–Kier alpha value is -7.36. The van der Waals surface area contributed by atoms with Crippen LogP contribution in [0.3, 0.4) is 0 Å². The van der Waals surface area contributed by atoms with Gasteiger partial charge in [-0.1, -0.05) is 152 Å². The molecule has 0 radical (unpaired) electrons. The lowest BCUT2D eigenvalue weighted by atomic mass is 9.84. The predicted molar refractivity (Wildman–Crippen MR) is 240 cm³/mol. The van der Waals surface area contributed by atoms with Gasteiger partial charge in [-0.15, -0.1) is 0 Å². The topological polar surface area (TPSA) is 19.6 Å². The summed E-state index contributed by atoms with van der Waals surface area (Å²) in [6.07, 6.45) is 16.0. The minimum atomic E-state index is 0.232. The Morgan fingerprint density at radius 3 is 1.81 bits per heavy atom. The lowest BCUT2D eigenvalue weighted by molar-refractivity contribution is 0.651. The van der Waals surface area contributed by atoms with E-state index in [2.05, 4.69) is 228 Å². The van der Waals surface area contributed by atoms with Crippen LogP contribution in [-0.4, -0.2) is 0 Å². The van der Waals surface area contributed by atoms with Gasteiger partial charge in [-0.05, 0) is 99.4 Å². The normalized spacial score (nSPS) is 16.0. The van der Waals surface area contributed by atoms with Crippen molar-refractivity contribution >= 4 is 71.9 Å². The Morgan fingerprint density at radius 2 is 1.04 bits per heavy atom. The lowest BCUT2D eigenvalue weighted by Gasteiger charge is -2.35. The summed E-state index contributed by atoms with van der Waals surface area (Å²) in [6, 6.07) is 63.1. The molecule has 2 atom stereocenters. The van der Waals surface area contributed by atoms with E-state index in [0.717, 1.165) is 61.5 Å². The third-order valence-electron chi connectivity index (χ3n) is 11.5. The standard InChI is InChI=1S/C54H38N2O/c1-3-13-37(14-4-1)40-23-27-46(28-24-40)56(48-30-26-39-16-8-10-18-42(39)34-48)53-51(32-31-49-50-35-43-19-11-12-20-44(43)36-52(50)57-54(49)53)55(45-21-5-2-6-22-45)47-29-25-38-15-7-9-17-41(38)33-47/h1-36,39,42H. The summed E-state index contributed by atoms with van der Waals surface area (Å²) in [6.45, 7) is 0. The smallest absolute Gasteiger partial charge is 0.161 e. The zero-order valence-corrected chi connectivity index (χ0v) is 31.2. The Labute approximate surface area is 332 Å². The molecule has 0 fully saturated rings. The van der Waals surface area contributed by atoms with Crippen LogP contribution >= 0.6 is 0 Å². The van der Waals surface area contributed by atoms with Crippen molar-refractivity contribution in [2.45, 2.75) is 0 Å². The Morgan fingerprint density at radius 1 is 0.421 bits per heavy atom. The summed E-state index contributed by atoms with van der Waals surface area (Å²) in [5.41, 5.74) is 10.3. The molecule has 8 aromatic carbocycles. The molecular formula is C54H38N2O. The van der Waals surface area contributed by atoms with Gasteiger partial charge in [0.05, 0.1) is 5.69 Å². The summed E-state index contributed by atoms with van der Waals surface area (Å²) >= 11 is 0. The van der Waals surface area contributed by atoms with Crippen LogP contribution in [0.5, 0.6) is 0 Å². The van der Waals surface area contributed by atoms with E-state index in [4.69, 9.17) is 4.42 Å². The molecule has 0 bridgehead atoms. The van der Waals surface area contributed by atoms with Gasteiger partial charge in [0.25, 0.3) is 0 Å². The fourth-order valence-electron chi connectivity index (χ4n) is 8.67. The monoisotopic (exact) mass is 730 g/mol. The van der Waals surface area contributed by atoms with E-state index in [9.17, 15) is 0 Å². The molecule has 1 aromatic heterocycles. The lowest BCUT2D eigenvalue weighted by Crippen LogP contribution is -2.23. The Kier molecular flexibility index (Phi) is 7.96. The van der Waals surface area contributed by atoms with Crippen LogP contribution in [0, 0.1) is 11.8 Å². The fraction of sp³-hybridized carbons (Fsp3) is 0.0370. The molecule has 270 valence electrons. The van der Waals surface area contributed by atoms with Gasteiger partial charge < -0.3 is 14.2 Å². The highest BCUT2D eigenvalue weighted by Gasteiger charge is 2.30. The molecule has 0 saturated heterocycles. The molecule has 57 heavy (non-hydrogen) atoms. The van der Waals surface area contributed by atoms with E-state index < -0.39 is 0 Å². The van der Waals surface area contributed by atoms with Gasteiger partial charge in [0.15, 0.2) is 5.58 Å². The molecule has 9 aromatic rings. The molecular weight excluding hydrogens is 693 g/mol. The van der Waals surface area contributed by atoms with E-state index in [0.29, 0.717) is 5.92 Å². The quantitative estimate of drug-likeness (QED) is 0.163. The van der Waals surface area contributed by atoms with E-state index in [-0.39, 0.29) is 5.92 Å². The van der Waals surface area contributed by atoms with Gasteiger partial charge in [0.1, 0.15) is 11.3 Å². The third kappa shape index (κ3) is 5.84. The molecule has 0 N–H and O–H groups in total. The van der Waals surface area contributed by atoms with E-state index >= 15 is 0 Å². The molecule has 11 rings (SSSR count). The first-order valence-corrected chi connectivity index (χ1v) is 19.7. The number of furan rings is 1. The molecule has 3 nitrogen and oxygen atoms in total. The van der Waals surface area contributed by atoms with Crippen molar-refractivity contribution in [1.29, 1.82) is 0 Å². The molecule has 2 aliphatic rings. The highest BCUT2D eigenvalue weighted by atomic mass is 16.3.